The molecule has 1 aliphatic rings. The second-order valence-corrected chi connectivity index (χ2v) is 9.82. The Hall–Kier alpha value is -1.82. The number of carbonyl (C=O) groups is 1. The molecular formula is C24H20Cl5N3O. The van der Waals surface area contributed by atoms with E-state index < -0.39 is 0 Å². The van der Waals surface area contributed by atoms with Crippen LogP contribution in [0.3, 0.4) is 0 Å². The summed E-state index contributed by atoms with van der Waals surface area (Å²) in [6.45, 7) is 1.91. The monoisotopic (exact) mass is 541 g/mol. The van der Waals surface area contributed by atoms with Crippen LogP contribution in [0.25, 0.3) is 0 Å². The molecule has 0 radical (unpaired) electrons. The fourth-order valence-electron chi connectivity index (χ4n) is 3.89. The van der Waals surface area contributed by atoms with Crippen LogP contribution < -0.4 is 10.2 Å². The number of carbonyl (C=O) groups excluding carboxylic acids is 1. The highest BCUT2D eigenvalue weighted by Gasteiger charge is 2.32. The van der Waals surface area contributed by atoms with Crippen LogP contribution in [0.4, 0.5) is 10.5 Å². The van der Waals surface area contributed by atoms with Crippen LogP contribution in [-0.2, 0) is 6.54 Å². The molecule has 0 bridgehead atoms. The van der Waals surface area contributed by atoms with E-state index >= 15 is 0 Å². The molecule has 172 valence electrons. The largest absolute Gasteiger partial charge is 0.360 e. The van der Waals surface area contributed by atoms with Gasteiger partial charge in [-0.25, -0.2) is 4.79 Å². The Morgan fingerprint density at radius 3 is 2.12 bits per heavy atom. The van der Waals surface area contributed by atoms with Gasteiger partial charge in [0.15, 0.2) is 0 Å². The predicted molar refractivity (Wildman–Crippen MR) is 138 cm³/mol. The normalized spacial score (nSPS) is 16.1. The van der Waals surface area contributed by atoms with E-state index in [9.17, 15) is 4.79 Å². The second-order valence-electron chi connectivity index (χ2n) is 7.70. The van der Waals surface area contributed by atoms with Gasteiger partial charge < -0.3 is 15.1 Å². The van der Waals surface area contributed by atoms with E-state index in [2.05, 4.69) is 10.2 Å². The zero-order valence-electron chi connectivity index (χ0n) is 17.4. The molecule has 3 aromatic rings. The molecule has 4 nitrogen and oxygen atoms in total. The van der Waals surface area contributed by atoms with Crippen molar-refractivity contribution in [3.63, 3.8) is 0 Å². The van der Waals surface area contributed by atoms with Gasteiger partial charge in [-0.3, -0.25) is 0 Å². The maximum Gasteiger partial charge on any atom is 0.317 e. The van der Waals surface area contributed by atoms with Gasteiger partial charge in [0.25, 0.3) is 0 Å². The summed E-state index contributed by atoms with van der Waals surface area (Å²) in [5.41, 5.74) is 2.70. The summed E-state index contributed by atoms with van der Waals surface area (Å²) in [4.78, 5) is 17.0. The van der Waals surface area contributed by atoms with Crippen LogP contribution in [-0.4, -0.2) is 30.6 Å². The molecule has 1 atom stereocenters. The number of anilines is 1. The maximum atomic E-state index is 13.0. The SMILES string of the molecule is O=C(NCc1ccc(Cl)cc1Cl)N1CCN(c2ccc(Cl)cc2Cl)C(c2ccc(Cl)cc2)C1. The van der Waals surface area contributed by atoms with Gasteiger partial charge in [-0.1, -0.05) is 76.2 Å². The predicted octanol–water partition coefficient (Wildman–Crippen LogP) is 7.73. The van der Waals surface area contributed by atoms with Crippen molar-refractivity contribution >= 4 is 69.7 Å². The van der Waals surface area contributed by atoms with Crippen LogP contribution in [0.2, 0.25) is 25.1 Å². The van der Waals surface area contributed by atoms with Crippen molar-refractivity contribution in [2.75, 3.05) is 24.5 Å². The number of rotatable bonds is 4. The lowest BCUT2D eigenvalue weighted by Crippen LogP contribution is -2.53. The molecular weight excluding hydrogens is 524 g/mol. The van der Waals surface area contributed by atoms with Crippen molar-refractivity contribution in [1.29, 1.82) is 0 Å². The van der Waals surface area contributed by atoms with Crippen LogP contribution >= 0.6 is 58.0 Å². The molecule has 3 aromatic carbocycles. The van der Waals surface area contributed by atoms with Gasteiger partial charge in [0, 0.05) is 46.3 Å². The molecule has 0 aliphatic carbocycles. The molecule has 33 heavy (non-hydrogen) atoms. The molecule has 1 N–H and O–H groups in total. The van der Waals surface area contributed by atoms with Gasteiger partial charge in [0.05, 0.1) is 16.8 Å². The number of benzene rings is 3. The van der Waals surface area contributed by atoms with Crippen molar-refractivity contribution in [1.82, 2.24) is 10.2 Å². The molecule has 0 spiro atoms. The lowest BCUT2D eigenvalue weighted by atomic mass is 10.0. The lowest BCUT2D eigenvalue weighted by Gasteiger charge is -2.43. The molecule has 0 saturated carbocycles. The highest BCUT2D eigenvalue weighted by molar-refractivity contribution is 6.36. The molecule has 4 rings (SSSR count). The first-order valence-electron chi connectivity index (χ1n) is 10.3. The average molecular weight is 544 g/mol. The van der Waals surface area contributed by atoms with Crippen LogP contribution in [0.1, 0.15) is 17.2 Å². The van der Waals surface area contributed by atoms with E-state index in [0.717, 1.165) is 16.8 Å². The van der Waals surface area contributed by atoms with Crippen molar-refractivity contribution in [3.8, 4) is 0 Å². The highest BCUT2D eigenvalue weighted by Crippen LogP contribution is 2.37. The number of amides is 2. The summed E-state index contributed by atoms with van der Waals surface area (Å²) >= 11 is 30.9. The molecule has 1 aliphatic heterocycles. The standard InChI is InChI=1S/C24H20Cl5N3O/c25-17-4-1-15(2-5-17)23-14-31(9-10-32(23)22-8-7-19(27)12-21(22)29)24(33)30-13-16-3-6-18(26)11-20(16)28/h1-8,11-12,23H,9-10,13-14H2,(H,30,33). The lowest BCUT2D eigenvalue weighted by molar-refractivity contribution is 0.184. The first-order chi connectivity index (χ1) is 15.8. The summed E-state index contributed by atoms with van der Waals surface area (Å²) in [5.74, 6) is 0. The van der Waals surface area contributed by atoms with Gasteiger partial charge in [0.1, 0.15) is 0 Å². The Kier molecular flexibility index (Phi) is 7.83. The van der Waals surface area contributed by atoms with Crippen LogP contribution in [0.5, 0.6) is 0 Å². The van der Waals surface area contributed by atoms with Gasteiger partial charge in [0.2, 0.25) is 0 Å². The number of halogens is 5. The zero-order chi connectivity index (χ0) is 23.5. The van der Waals surface area contributed by atoms with Crippen molar-refractivity contribution in [3.05, 3.63) is 96.9 Å². The van der Waals surface area contributed by atoms with Crippen LogP contribution in [0.15, 0.2) is 60.7 Å². The van der Waals surface area contributed by atoms with Crippen molar-refractivity contribution in [2.45, 2.75) is 12.6 Å². The summed E-state index contributed by atoms with van der Waals surface area (Å²) in [5, 5.41) is 5.83. The molecule has 1 fully saturated rings. The van der Waals surface area contributed by atoms with Gasteiger partial charge in [-0.05, 0) is 53.6 Å². The fraction of sp³-hybridized carbons (Fsp3) is 0.208. The molecule has 1 heterocycles. The number of hydrogen-bond acceptors (Lipinski definition) is 2. The van der Waals surface area contributed by atoms with E-state index in [1.54, 1.807) is 23.1 Å². The van der Waals surface area contributed by atoms with Gasteiger partial charge >= 0.3 is 6.03 Å². The smallest absolute Gasteiger partial charge is 0.317 e. The zero-order valence-corrected chi connectivity index (χ0v) is 21.2. The Morgan fingerprint density at radius 2 is 1.45 bits per heavy atom. The maximum absolute atomic E-state index is 13.0. The van der Waals surface area contributed by atoms with E-state index in [1.807, 2.05) is 42.5 Å². The summed E-state index contributed by atoms with van der Waals surface area (Å²) in [6.07, 6.45) is 0. The van der Waals surface area contributed by atoms with Crippen molar-refractivity contribution in [2.24, 2.45) is 0 Å². The Morgan fingerprint density at radius 1 is 0.818 bits per heavy atom. The summed E-state index contributed by atoms with van der Waals surface area (Å²) in [6, 6.07) is 18.0. The third-order valence-corrected chi connectivity index (χ3v) is 6.96. The first kappa shape index (κ1) is 24.3. The molecule has 1 saturated heterocycles. The Balaban J connectivity index is 1.54. The molecule has 2 amide bonds. The number of nitrogens with zero attached hydrogens (tertiary/aromatic N) is 2. The van der Waals surface area contributed by atoms with E-state index in [0.29, 0.717) is 51.3 Å². The summed E-state index contributed by atoms with van der Waals surface area (Å²) in [7, 11) is 0. The van der Waals surface area contributed by atoms with E-state index in [1.165, 1.54) is 0 Å². The topological polar surface area (TPSA) is 35.6 Å². The third kappa shape index (κ3) is 5.82. The number of hydrogen-bond donors (Lipinski definition) is 1. The van der Waals surface area contributed by atoms with Crippen molar-refractivity contribution < 1.29 is 4.79 Å². The quantitative estimate of drug-likeness (QED) is 0.366. The minimum Gasteiger partial charge on any atom is -0.360 e. The summed E-state index contributed by atoms with van der Waals surface area (Å²) < 4.78 is 0. The Bertz CT molecular complexity index is 1160. The second kappa shape index (κ2) is 10.6. The van der Waals surface area contributed by atoms with Gasteiger partial charge in [-0.2, -0.15) is 0 Å². The molecule has 9 heteroatoms. The number of nitrogens with one attached hydrogen (secondary N) is 1. The van der Waals surface area contributed by atoms with E-state index in [4.69, 9.17) is 58.0 Å². The third-order valence-electron chi connectivity index (χ3n) is 5.59. The minimum absolute atomic E-state index is 0.112. The Labute approximate surface area is 217 Å². The molecule has 0 aromatic heterocycles. The number of urea groups is 1. The van der Waals surface area contributed by atoms with Crippen LogP contribution in [0, 0.1) is 0 Å². The highest BCUT2D eigenvalue weighted by atomic mass is 35.5. The van der Waals surface area contributed by atoms with E-state index in [-0.39, 0.29) is 12.1 Å². The first-order valence-corrected chi connectivity index (χ1v) is 12.1. The average Bonchev–Trinajstić information content (AvgIpc) is 2.79. The number of piperazine rings is 1. The fourth-order valence-corrected chi connectivity index (χ4v) is 5.01. The van der Waals surface area contributed by atoms with Gasteiger partial charge in [-0.15, -0.1) is 0 Å². The molecule has 1 unspecified atom stereocenters. The minimum atomic E-state index is -0.165.